The van der Waals surface area contributed by atoms with Crippen molar-refractivity contribution < 1.29 is 23.4 Å². The number of hydrogen-bond acceptors (Lipinski definition) is 6. The van der Waals surface area contributed by atoms with Gasteiger partial charge in [-0.05, 0) is 36.2 Å². The third-order valence-corrected chi connectivity index (χ3v) is 6.71. The van der Waals surface area contributed by atoms with Crippen molar-refractivity contribution in [3.8, 4) is 0 Å². The normalized spacial score (nSPS) is 22.2. The predicted molar refractivity (Wildman–Crippen MR) is 147 cm³/mol. The molecular weight excluding hydrogens is 513 g/mol. The molecule has 1 N–H and O–H groups in total. The first kappa shape index (κ1) is 27.4. The first-order valence-corrected chi connectivity index (χ1v) is 13.0. The summed E-state index contributed by atoms with van der Waals surface area (Å²) < 4.78 is 35.6. The Morgan fingerprint density at radius 1 is 0.950 bits per heavy atom. The maximum absolute atomic E-state index is 16.5. The molecule has 1 aliphatic rings. The zero-order chi connectivity index (χ0) is 28.0. The summed E-state index contributed by atoms with van der Waals surface area (Å²) in [5, 5.41) is 2.59. The van der Waals surface area contributed by atoms with Crippen molar-refractivity contribution in [2.24, 2.45) is 0 Å². The highest BCUT2D eigenvalue weighted by atomic mass is 19.1. The summed E-state index contributed by atoms with van der Waals surface area (Å²) in [4.78, 5) is 29.4. The molecule has 0 spiro atoms. The van der Waals surface area contributed by atoms with E-state index in [1.54, 1.807) is 30.3 Å². The van der Waals surface area contributed by atoms with E-state index in [0.717, 1.165) is 15.7 Å². The average Bonchev–Trinajstić information content (AvgIpc) is 3.22. The largest absolute Gasteiger partial charge is 0.374 e. The lowest BCUT2D eigenvalue weighted by Gasteiger charge is -2.28. The number of carbonyl (C=O) groups is 1. The van der Waals surface area contributed by atoms with E-state index in [1.807, 2.05) is 60.7 Å². The quantitative estimate of drug-likeness (QED) is 0.305. The lowest BCUT2D eigenvalue weighted by Crippen LogP contribution is -2.44. The fourth-order valence-corrected chi connectivity index (χ4v) is 4.67. The molecular formula is C31H30FN3O5. The van der Waals surface area contributed by atoms with E-state index in [4.69, 9.17) is 14.2 Å². The predicted octanol–water partition coefficient (Wildman–Crippen LogP) is 4.92. The van der Waals surface area contributed by atoms with E-state index in [-0.39, 0.29) is 19.0 Å². The molecule has 2 heterocycles. The van der Waals surface area contributed by atoms with Crippen LogP contribution < -0.4 is 11.0 Å². The highest BCUT2D eigenvalue weighted by Gasteiger charge is 2.56. The van der Waals surface area contributed by atoms with Crippen molar-refractivity contribution in [3.63, 3.8) is 0 Å². The van der Waals surface area contributed by atoms with E-state index in [9.17, 15) is 9.59 Å². The first-order chi connectivity index (χ1) is 19.4. The van der Waals surface area contributed by atoms with Gasteiger partial charge in [0.15, 0.2) is 11.9 Å². The third kappa shape index (κ3) is 6.34. The van der Waals surface area contributed by atoms with Crippen LogP contribution in [0.1, 0.15) is 34.6 Å². The van der Waals surface area contributed by atoms with Crippen LogP contribution >= 0.6 is 0 Å². The van der Waals surface area contributed by atoms with Crippen LogP contribution in [0.3, 0.4) is 0 Å². The SMILES string of the molecule is C[C@]1(F)[C@H](OCc2ccccc2)[C@@H](COCc2ccccc2)O[C@H]1n1ccc(NC(=O)c2ccccc2)nc1=O. The van der Waals surface area contributed by atoms with Crippen molar-refractivity contribution in [1.82, 2.24) is 9.55 Å². The van der Waals surface area contributed by atoms with Gasteiger partial charge in [0.05, 0.1) is 19.8 Å². The van der Waals surface area contributed by atoms with Crippen molar-refractivity contribution >= 4 is 11.7 Å². The number of nitrogens with zero attached hydrogens (tertiary/aromatic N) is 2. The number of carbonyl (C=O) groups excluding carboxylic acids is 1. The first-order valence-electron chi connectivity index (χ1n) is 13.0. The zero-order valence-corrected chi connectivity index (χ0v) is 22.0. The van der Waals surface area contributed by atoms with Crippen molar-refractivity contribution in [1.29, 1.82) is 0 Å². The lowest BCUT2D eigenvalue weighted by molar-refractivity contribution is -0.0836. The summed E-state index contributed by atoms with van der Waals surface area (Å²) >= 11 is 0. The van der Waals surface area contributed by atoms with Gasteiger partial charge in [-0.1, -0.05) is 78.9 Å². The van der Waals surface area contributed by atoms with Gasteiger partial charge in [-0.2, -0.15) is 4.98 Å². The standard InChI is InChI=1S/C31H30FN3O5/c1-31(32)27(39-20-23-13-7-3-8-14-23)25(21-38-19-22-11-5-2-6-12-22)40-29(31)35-18-17-26(34-30(35)37)33-28(36)24-15-9-4-10-16-24/h2-18,25,27,29H,19-21H2,1H3,(H,33,34,36,37)/t25-,27-,29-,31+/m1/s1. The molecule has 0 radical (unpaired) electrons. The van der Waals surface area contributed by atoms with Gasteiger partial charge in [0, 0.05) is 11.8 Å². The van der Waals surface area contributed by atoms with E-state index in [0.29, 0.717) is 12.2 Å². The molecule has 0 bridgehead atoms. The maximum Gasteiger partial charge on any atom is 0.351 e. The summed E-state index contributed by atoms with van der Waals surface area (Å²) in [5.74, 6) is -0.365. The Morgan fingerprint density at radius 3 is 2.17 bits per heavy atom. The number of rotatable bonds is 10. The zero-order valence-electron chi connectivity index (χ0n) is 22.0. The Morgan fingerprint density at radius 2 is 1.55 bits per heavy atom. The lowest BCUT2D eigenvalue weighted by atomic mass is 9.98. The van der Waals surface area contributed by atoms with E-state index < -0.39 is 35.7 Å². The van der Waals surface area contributed by atoms with Gasteiger partial charge in [0.1, 0.15) is 18.0 Å². The number of benzene rings is 3. The van der Waals surface area contributed by atoms with Gasteiger partial charge in [0.25, 0.3) is 5.91 Å². The van der Waals surface area contributed by atoms with Crippen molar-refractivity contribution in [3.05, 3.63) is 130 Å². The maximum atomic E-state index is 16.5. The van der Waals surface area contributed by atoms with Crippen molar-refractivity contribution in [2.75, 3.05) is 11.9 Å². The molecule has 5 rings (SSSR count). The minimum absolute atomic E-state index is 0.0493. The molecule has 1 fully saturated rings. The van der Waals surface area contributed by atoms with Crippen LogP contribution in [0.5, 0.6) is 0 Å². The summed E-state index contributed by atoms with van der Waals surface area (Å²) in [7, 11) is 0. The van der Waals surface area contributed by atoms with Gasteiger partial charge < -0.3 is 19.5 Å². The van der Waals surface area contributed by atoms with Crippen LogP contribution in [0, 0.1) is 0 Å². The Labute approximate surface area is 231 Å². The fourth-order valence-electron chi connectivity index (χ4n) is 4.67. The molecule has 1 saturated heterocycles. The second-order valence-electron chi connectivity index (χ2n) is 9.72. The summed E-state index contributed by atoms with van der Waals surface area (Å²) in [6.45, 7) is 1.88. The van der Waals surface area contributed by atoms with Crippen LogP contribution in [0.15, 0.2) is 108 Å². The minimum Gasteiger partial charge on any atom is -0.374 e. The summed E-state index contributed by atoms with van der Waals surface area (Å²) in [6, 6.07) is 29.0. The number of hydrogen-bond donors (Lipinski definition) is 1. The van der Waals surface area contributed by atoms with Crippen LogP contribution in [0.4, 0.5) is 10.2 Å². The monoisotopic (exact) mass is 543 g/mol. The number of amides is 1. The number of aromatic nitrogens is 2. The van der Waals surface area contributed by atoms with Gasteiger partial charge in [-0.25, -0.2) is 9.18 Å². The highest BCUT2D eigenvalue weighted by Crippen LogP contribution is 2.43. The second-order valence-corrected chi connectivity index (χ2v) is 9.72. The van der Waals surface area contributed by atoms with Gasteiger partial charge >= 0.3 is 5.69 Å². The molecule has 4 aromatic rings. The van der Waals surface area contributed by atoms with Gasteiger partial charge in [0.2, 0.25) is 0 Å². The second kappa shape index (κ2) is 12.3. The number of alkyl halides is 1. The molecule has 1 aliphatic heterocycles. The molecule has 4 atom stereocenters. The molecule has 0 aliphatic carbocycles. The van der Waals surface area contributed by atoms with E-state index in [2.05, 4.69) is 10.3 Å². The van der Waals surface area contributed by atoms with E-state index >= 15 is 4.39 Å². The van der Waals surface area contributed by atoms with Crippen LogP contribution in [0.2, 0.25) is 0 Å². The average molecular weight is 544 g/mol. The molecule has 206 valence electrons. The fraction of sp³-hybridized carbons (Fsp3) is 0.258. The van der Waals surface area contributed by atoms with Crippen molar-refractivity contribution in [2.45, 2.75) is 44.2 Å². The van der Waals surface area contributed by atoms with Gasteiger partial charge in [-0.3, -0.25) is 9.36 Å². The molecule has 3 aromatic carbocycles. The Hall–Kier alpha value is -4.18. The minimum atomic E-state index is -2.10. The van der Waals surface area contributed by atoms with Crippen LogP contribution in [-0.2, 0) is 27.4 Å². The molecule has 40 heavy (non-hydrogen) atoms. The summed E-state index contributed by atoms with van der Waals surface area (Å²) in [6.07, 6.45) is -1.79. The molecule has 8 nitrogen and oxygen atoms in total. The van der Waals surface area contributed by atoms with E-state index in [1.165, 1.54) is 19.2 Å². The molecule has 1 aromatic heterocycles. The van der Waals surface area contributed by atoms with Crippen LogP contribution in [-0.4, -0.2) is 39.9 Å². The number of nitrogens with one attached hydrogen (secondary N) is 1. The number of anilines is 1. The molecule has 1 amide bonds. The molecule has 0 saturated carbocycles. The third-order valence-electron chi connectivity index (χ3n) is 6.71. The Kier molecular flexibility index (Phi) is 8.45. The topological polar surface area (TPSA) is 91.7 Å². The summed E-state index contributed by atoms with van der Waals surface area (Å²) in [5.41, 5.74) is -0.609. The highest BCUT2D eigenvalue weighted by molar-refractivity contribution is 6.03. The van der Waals surface area contributed by atoms with Crippen LogP contribution in [0.25, 0.3) is 0 Å². The molecule has 9 heteroatoms. The Bertz CT molecular complexity index is 1460. The Balaban J connectivity index is 1.33. The van der Waals surface area contributed by atoms with Gasteiger partial charge in [-0.15, -0.1) is 0 Å². The number of ether oxygens (including phenoxy) is 3. The number of halogens is 1. The molecule has 0 unspecified atom stereocenters. The smallest absolute Gasteiger partial charge is 0.351 e.